The molecule has 4 atom stereocenters. The SMILES string of the molecule is COc1ccnc(C(=O)NC2COCC(OCC(C)C)C(OC3CCCCC3)C(C)OC2=O)c1OCOC(C)=O. The van der Waals surface area contributed by atoms with Gasteiger partial charge in [0.05, 0.1) is 26.4 Å². The van der Waals surface area contributed by atoms with Crippen molar-refractivity contribution in [2.24, 2.45) is 5.92 Å². The molecule has 4 unspecified atom stereocenters. The number of cyclic esters (lactones) is 1. The lowest BCUT2D eigenvalue weighted by molar-refractivity contribution is -0.180. The summed E-state index contributed by atoms with van der Waals surface area (Å²) < 4.78 is 39.9. The minimum Gasteiger partial charge on any atom is -0.493 e. The van der Waals surface area contributed by atoms with Gasteiger partial charge < -0.3 is 38.5 Å². The maximum Gasteiger partial charge on any atom is 0.331 e. The number of aromatic nitrogens is 1. The van der Waals surface area contributed by atoms with Gasteiger partial charge >= 0.3 is 11.9 Å². The fourth-order valence-electron chi connectivity index (χ4n) is 4.57. The molecule has 3 rings (SSSR count). The van der Waals surface area contributed by atoms with E-state index in [9.17, 15) is 14.4 Å². The maximum atomic E-state index is 13.2. The average Bonchev–Trinajstić information content (AvgIpc) is 2.97. The van der Waals surface area contributed by atoms with Crippen molar-refractivity contribution in [2.45, 2.75) is 90.3 Å². The predicted molar refractivity (Wildman–Crippen MR) is 142 cm³/mol. The first kappa shape index (κ1) is 31.6. The molecule has 1 amide bonds. The van der Waals surface area contributed by atoms with Gasteiger partial charge in [0.2, 0.25) is 6.79 Å². The third-order valence-corrected chi connectivity index (χ3v) is 6.60. The summed E-state index contributed by atoms with van der Waals surface area (Å²) >= 11 is 0. The lowest BCUT2D eigenvalue weighted by Gasteiger charge is -2.35. The van der Waals surface area contributed by atoms with Crippen molar-refractivity contribution in [3.8, 4) is 11.5 Å². The van der Waals surface area contributed by atoms with Crippen molar-refractivity contribution in [3.05, 3.63) is 18.0 Å². The van der Waals surface area contributed by atoms with Crippen molar-refractivity contribution in [3.63, 3.8) is 0 Å². The predicted octanol–water partition coefficient (Wildman–Crippen LogP) is 2.81. The number of rotatable bonds is 11. The first-order chi connectivity index (χ1) is 19.2. The summed E-state index contributed by atoms with van der Waals surface area (Å²) in [5.41, 5.74) is -0.163. The quantitative estimate of drug-likeness (QED) is 0.312. The Hall–Kier alpha value is -2.96. The molecule has 40 heavy (non-hydrogen) atoms. The maximum absolute atomic E-state index is 13.2. The Morgan fingerprint density at radius 3 is 2.60 bits per heavy atom. The molecule has 1 saturated heterocycles. The Kier molecular flexibility index (Phi) is 12.4. The molecular weight excluding hydrogens is 524 g/mol. The third-order valence-electron chi connectivity index (χ3n) is 6.60. The zero-order valence-corrected chi connectivity index (χ0v) is 24.0. The average molecular weight is 567 g/mol. The van der Waals surface area contributed by atoms with E-state index < -0.39 is 49.0 Å². The Labute approximate surface area is 235 Å². The molecule has 12 heteroatoms. The normalized spacial score (nSPS) is 24.3. The molecule has 2 fully saturated rings. The largest absolute Gasteiger partial charge is 0.493 e. The Balaban J connectivity index is 1.75. The van der Waals surface area contributed by atoms with Crippen LogP contribution in [0.4, 0.5) is 0 Å². The molecule has 1 aliphatic carbocycles. The van der Waals surface area contributed by atoms with E-state index in [1.165, 1.54) is 32.7 Å². The van der Waals surface area contributed by atoms with E-state index in [2.05, 4.69) is 24.1 Å². The molecule has 0 aromatic carbocycles. The van der Waals surface area contributed by atoms with Crippen LogP contribution in [0.5, 0.6) is 11.5 Å². The van der Waals surface area contributed by atoms with Gasteiger partial charge in [-0.05, 0) is 25.7 Å². The van der Waals surface area contributed by atoms with Gasteiger partial charge in [-0.2, -0.15) is 0 Å². The molecule has 2 heterocycles. The van der Waals surface area contributed by atoms with Gasteiger partial charge in [-0.1, -0.05) is 33.1 Å². The van der Waals surface area contributed by atoms with Gasteiger partial charge in [-0.3, -0.25) is 9.59 Å². The molecule has 1 aromatic rings. The first-order valence-corrected chi connectivity index (χ1v) is 13.8. The molecular formula is C28H42N2O10. The second-order valence-electron chi connectivity index (χ2n) is 10.4. The number of amides is 1. The smallest absolute Gasteiger partial charge is 0.331 e. The second kappa shape index (κ2) is 15.7. The van der Waals surface area contributed by atoms with E-state index in [0.29, 0.717) is 12.5 Å². The van der Waals surface area contributed by atoms with Gasteiger partial charge in [-0.15, -0.1) is 0 Å². The van der Waals surface area contributed by atoms with Gasteiger partial charge in [0.15, 0.2) is 23.2 Å². The molecule has 1 N–H and O–H groups in total. The van der Waals surface area contributed by atoms with Gasteiger partial charge in [0, 0.05) is 25.8 Å². The standard InChI is InChI=1S/C28H42N2O10/c1-17(2)13-36-23-15-35-14-21(28(33)39-18(3)25(23)40-20-9-7-6-8-10-20)30-27(32)24-26(38-16-37-19(4)31)22(34-5)11-12-29-24/h11-12,17-18,20-21,23,25H,6-10,13-16H2,1-5H3,(H,30,32). The number of carbonyl (C=O) groups excluding carboxylic acids is 3. The van der Waals surface area contributed by atoms with Crippen molar-refractivity contribution < 1.29 is 47.5 Å². The number of pyridine rings is 1. The Morgan fingerprint density at radius 2 is 1.93 bits per heavy atom. The zero-order valence-electron chi connectivity index (χ0n) is 24.0. The summed E-state index contributed by atoms with van der Waals surface area (Å²) in [6, 6.07) is 0.353. The lowest BCUT2D eigenvalue weighted by Crippen LogP contribution is -2.48. The van der Waals surface area contributed by atoms with Gasteiger partial charge in [-0.25, -0.2) is 9.78 Å². The number of nitrogens with zero attached hydrogens (tertiary/aromatic N) is 1. The van der Waals surface area contributed by atoms with Crippen LogP contribution < -0.4 is 14.8 Å². The van der Waals surface area contributed by atoms with Crippen LogP contribution in [0.15, 0.2) is 12.3 Å². The van der Waals surface area contributed by atoms with Crippen LogP contribution in [0, 0.1) is 5.92 Å². The molecule has 0 spiro atoms. The highest BCUT2D eigenvalue weighted by Crippen LogP contribution is 2.30. The molecule has 12 nitrogen and oxygen atoms in total. The fourth-order valence-corrected chi connectivity index (χ4v) is 4.57. The molecule has 1 aromatic heterocycles. The molecule has 1 aliphatic heterocycles. The van der Waals surface area contributed by atoms with Crippen molar-refractivity contribution >= 4 is 17.8 Å². The second-order valence-corrected chi connectivity index (χ2v) is 10.4. The summed E-state index contributed by atoms with van der Waals surface area (Å²) in [6.07, 6.45) is 5.06. The highest BCUT2D eigenvalue weighted by atomic mass is 16.7. The summed E-state index contributed by atoms with van der Waals surface area (Å²) in [6.45, 7) is 7.16. The van der Waals surface area contributed by atoms with E-state index in [1.54, 1.807) is 6.92 Å². The number of nitrogens with one attached hydrogen (secondary N) is 1. The van der Waals surface area contributed by atoms with Crippen LogP contribution in [0.25, 0.3) is 0 Å². The van der Waals surface area contributed by atoms with Crippen LogP contribution in [0.2, 0.25) is 0 Å². The highest BCUT2D eigenvalue weighted by Gasteiger charge is 2.38. The monoisotopic (exact) mass is 566 g/mol. The summed E-state index contributed by atoms with van der Waals surface area (Å²) in [5, 5.41) is 2.63. The van der Waals surface area contributed by atoms with Crippen LogP contribution in [0.1, 0.15) is 70.3 Å². The van der Waals surface area contributed by atoms with E-state index in [0.717, 1.165) is 25.7 Å². The molecule has 0 bridgehead atoms. The summed E-state index contributed by atoms with van der Waals surface area (Å²) in [7, 11) is 1.39. The molecule has 224 valence electrons. The van der Waals surface area contributed by atoms with Crippen molar-refractivity contribution in [1.82, 2.24) is 10.3 Å². The Morgan fingerprint density at radius 1 is 1.18 bits per heavy atom. The summed E-state index contributed by atoms with van der Waals surface area (Å²) in [5.74, 6) is -1.51. The third kappa shape index (κ3) is 9.31. The number of carbonyl (C=O) groups is 3. The number of esters is 2. The van der Waals surface area contributed by atoms with E-state index in [-0.39, 0.29) is 36.5 Å². The van der Waals surface area contributed by atoms with Gasteiger partial charge in [0.1, 0.15) is 18.3 Å². The lowest BCUT2D eigenvalue weighted by atomic mass is 9.97. The molecule has 0 radical (unpaired) electrons. The summed E-state index contributed by atoms with van der Waals surface area (Å²) in [4.78, 5) is 41.7. The molecule has 1 saturated carbocycles. The van der Waals surface area contributed by atoms with Crippen LogP contribution in [-0.4, -0.2) is 87.0 Å². The van der Waals surface area contributed by atoms with Crippen molar-refractivity contribution in [2.75, 3.05) is 33.7 Å². The van der Waals surface area contributed by atoms with Crippen molar-refractivity contribution in [1.29, 1.82) is 0 Å². The van der Waals surface area contributed by atoms with E-state index in [1.807, 2.05) is 0 Å². The number of ether oxygens (including phenoxy) is 7. The fraction of sp³-hybridized carbons (Fsp3) is 0.714. The van der Waals surface area contributed by atoms with Crippen LogP contribution >= 0.6 is 0 Å². The minimum atomic E-state index is -1.14. The number of methoxy groups -OCH3 is 1. The minimum absolute atomic E-state index is 0.0439. The van der Waals surface area contributed by atoms with Crippen LogP contribution in [-0.2, 0) is 33.3 Å². The Bertz CT molecular complexity index is 982. The molecule has 2 aliphatic rings. The van der Waals surface area contributed by atoms with E-state index >= 15 is 0 Å². The number of hydrogen-bond donors (Lipinski definition) is 1. The van der Waals surface area contributed by atoms with Gasteiger partial charge in [0.25, 0.3) is 5.91 Å². The van der Waals surface area contributed by atoms with Crippen LogP contribution in [0.3, 0.4) is 0 Å². The number of hydrogen-bond acceptors (Lipinski definition) is 11. The highest BCUT2D eigenvalue weighted by molar-refractivity contribution is 5.98. The topological polar surface area (TPSA) is 141 Å². The first-order valence-electron chi connectivity index (χ1n) is 13.8. The zero-order chi connectivity index (χ0) is 29.1. The van der Waals surface area contributed by atoms with E-state index in [4.69, 9.17) is 33.2 Å².